The highest BCUT2D eigenvalue weighted by Crippen LogP contribution is 2.29. The number of nitrogens with two attached hydrogens (primary N) is 1. The molecule has 8 heteroatoms. The van der Waals surface area contributed by atoms with E-state index in [1.54, 1.807) is 6.07 Å². The van der Waals surface area contributed by atoms with Gasteiger partial charge in [-0.05, 0) is 37.4 Å². The molecule has 1 aliphatic heterocycles. The maximum Gasteiger partial charge on any atom is 0.343 e. The SMILES string of the molecule is COC(=O)COc1ccc(CN2CCC(C(C)N)C2)cc1[N+](=O)[O-]. The minimum absolute atomic E-state index is 0.0593. The van der Waals surface area contributed by atoms with Crippen LogP contribution in [-0.2, 0) is 16.1 Å². The number of rotatable bonds is 7. The molecule has 0 spiro atoms. The van der Waals surface area contributed by atoms with Crippen molar-refractivity contribution in [1.29, 1.82) is 0 Å². The van der Waals surface area contributed by atoms with Crippen LogP contribution in [0.1, 0.15) is 18.9 Å². The number of nitrogens with zero attached hydrogens (tertiary/aromatic N) is 2. The zero-order valence-corrected chi connectivity index (χ0v) is 13.9. The molecule has 2 rings (SSSR count). The van der Waals surface area contributed by atoms with Crippen molar-refractivity contribution >= 4 is 11.7 Å². The minimum Gasteiger partial charge on any atom is -0.475 e. The molecule has 1 aromatic rings. The number of hydrogen-bond acceptors (Lipinski definition) is 7. The van der Waals surface area contributed by atoms with Gasteiger partial charge >= 0.3 is 11.7 Å². The van der Waals surface area contributed by atoms with Gasteiger partial charge in [0.1, 0.15) is 0 Å². The molecule has 0 aliphatic carbocycles. The molecule has 1 aromatic carbocycles. The van der Waals surface area contributed by atoms with E-state index in [1.165, 1.54) is 19.2 Å². The molecular formula is C16H23N3O5. The van der Waals surface area contributed by atoms with Crippen LogP contribution < -0.4 is 10.5 Å². The van der Waals surface area contributed by atoms with Gasteiger partial charge in [0.05, 0.1) is 12.0 Å². The van der Waals surface area contributed by atoms with Gasteiger partial charge in [-0.3, -0.25) is 15.0 Å². The Bertz CT molecular complexity index is 605. The van der Waals surface area contributed by atoms with Crippen molar-refractivity contribution in [3.63, 3.8) is 0 Å². The Morgan fingerprint density at radius 3 is 2.88 bits per heavy atom. The molecule has 2 unspecified atom stereocenters. The maximum atomic E-state index is 11.2. The molecule has 132 valence electrons. The smallest absolute Gasteiger partial charge is 0.343 e. The van der Waals surface area contributed by atoms with E-state index < -0.39 is 10.9 Å². The number of ether oxygens (including phenoxy) is 2. The summed E-state index contributed by atoms with van der Waals surface area (Å²) in [6.45, 7) is 4.10. The number of hydrogen-bond donors (Lipinski definition) is 1. The average Bonchev–Trinajstić information content (AvgIpc) is 3.01. The number of carbonyl (C=O) groups is 1. The summed E-state index contributed by atoms with van der Waals surface area (Å²) in [7, 11) is 1.23. The Morgan fingerprint density at radius 1 is 1.54 bits per heavy atom. The Labute approximate surface area is 140 Å². The third kappa shape index (κ3) is 4.65. The monoisotopic (exact) mass is 337 g/mol. The fourth-order valence-corrected chi connectivity index (χ4v) is 2.82. The van der Waals surface area contributed by atoms with Crippen molar-refractivity contribution < 1.29 is 19.2 Å². The second kappa shape index (κ2) is 8.07. The number of nitro groups is 1. The van der Waals surface area contributed by atoms with Gasteiger partial charge in [-0.1, -0.05) is 6.07 Å². The van der Waals surface area contributed by atoms with Crippen LogP contribution in [0.4, 0.5) is 5.69 Å². The van der Waals surface area contributed by atoms with Gasteiger partial charge in [-0.2, -0.15) is 0 Å². The van der Waals surface area contributed by atoms with Crippen LogP contribution in [0, 0.1) is 16.0 Å². The number of esters is 1. The van der Waals surface area contributed by atoms with Gasteiger partial charge in [-0.25, -0.2) is 4.79 Å². The topological polar surface area (TPSA) is 108 Å². The van der Waals surface area contributed by atoms with Gasteiger partial charge in [0.15, 0.2) is 12.4 Å². The first-order valence-electron chi connectivity index (χ1n) is 7.85. The van der Waals surface area contributed by atoms with E-state index in [4.69, 9.17) is 10.5 Å². The lowest BCUT2D eigenvalue weighted by atomic mass is 10.0. The van der Waals surface area contributed by atoms with E-state index in [2.05, 4.69) is 9.64 Å². The van der Waals surface area contributed by atoms with Crippen LogP contribution in [0.15, 0.2) is 18.2 Å². The van der Waals surface area contributed by atoms with Crippen molar-refractivity contribution in [3.05, 3.63) is 33.9 Å². The summed E-state index contributed by atoms with van der Waals surface area (Å²) in [4.78, 5) is 24.1. The third-order valence-electron chi connectivity index (χ3n) is 4.25. The Morgan fingerprint density at radius 2 is 2.29 bits per heavy atom. The van der Waals surface area contributed by atoms with Crippen LogP contribution in [0.3, 0.4) is 0 Å². The number of likely N-dealkylation sites (tertiary alicyclic amines) is 1. The first kappa shape index (κ1) is 18.2. The predicted molar refractivity (Wildman–Crippen MR) is 87.6 cm³/mol. The van der Waals surface area contributed by atoms with Crippen molar-refractivity contribution in [2.75, 3.05) is 26.8 Å². The summed E-state index contributed by atoms with van der Waals surface area (Å²) in [5, 5.41) is 11.2. The van der Waals surface area contributed by atoms with Crippen molar-refractivity contribution in [2.45, 2.75) is 25.9 Å². The highest BCUT2D eigenvalue weighted by atomic mass is 16.6. The highest BCUT2D eigenvalue weighted by Gasteiger charge is 2.26. The van der Waals surface area contributed by atoms with E-state index in [1.807, 2.05) is 6.92 Å². The van der Waals surface area contributed by atoms with E-state index in [0.29, 0.717) is 12.5 Å². The number of carbonyl (C=O) groups excluding carboxylic acids is 1. The molecule has 0 radical (unpaired) electrons. The quantitative estimate of drug-likeness (QED) is 0.454. The van der Waals surface area contributed by atoms with Crippen LogP contribution in [0.5, 0.6) is 5.75 Å². The van der Waals surface area contributed by atoms with E-state index in [9.17, 15) is 14.9 Å². The summed E-state index contributed by atoms with van der Waals surface area (Å²) in [5.74, 6) is -0.0703. The van der Waals surface area contributed by atoms with E-state index in [0.717, 1.165) is 25.1 Å². The van der Waals surface area contributed by atoms with Crippen LogP contribution in [0.2, 0.25) is 0 Å². The van der Waals surface area contributed by atoms with Crippen molar-refractivity contribution in [3.8, 4) is 5.75 Å². The molecule has 0 aromatic heterocycles. The number of benzene rings is 1. The normalized spacial score (nSPS) is 19.0. The predicted octanol–water partition coefficient (Wildman–Crippen LogP) is 1.32. The molecule has 8 nitrogen and oxygen atoms in total. The molecule has 1 fully saturated rings. The lowest BCUT2D eigenvalue weighted by Crippen LogP contribution is -2.29. The van der Waals surface area contributed by atoms with Gasteiger partial charge in [-0.15, -0.1) is 0 Å². The zero-order valence-electron chi connectivity index (χ0n) is 13.9. The second-order valence-corrected chi connectivity index (χ2v) is 6.07. The minimum atomic E-state index is -0.590. The lowest BCUT2D eigenvalue weighted by Gasteiger charge is -2.18. The van der Waals surface area contributed by atoms with E-state index in [-0.39, 0.29) is 24.1 Å². The standard InChI is InChI=1S/C16H23N3O5/c1-11(17)13-5-6-18(9-13)8-12-3-4-15(14(7-12)19(21)22)24-10-16(20)23-2/h3-4,7,11,13H,5-6,8-10,17H2,1-2H3. The molecule has 2 atom stereocenters. The summed E-state index contributed by atoms with van der Waals surface area (Å²) in [6.07, 6.45) is 1.04. The van der Waals surface area contributed by atoms with Gasteiger partial charge in [0, 0.05) is 25.2 Å². The molecule has 0 amide bonds. The number of methoxy groups -OCH3 is 1. The zero-order chi connectivity index (χ0) is 17.7. The van der Waals surface area contributed by atoms with Gasteiger partial charge in [0.25, 0.3) is 0 Å². The first-order valence-corrected chi connectivity index (χ1v) is 7.85. The highest BCUT2D eigenvalue weighted by molar-refractivity contribution is 5.71. The third-order valence-corrected chi connectivity index (χ3v) is 4.25. The summed E-state index contributed by atoms with van der Waals surface area (Å²) < 4.78 is 9.64. The molecule has 2 N–H and O–H groups in total. The fourth-order valence-electron chi connectivity index (χ4n) is 2.82. The molecule has 1 heterocycles. The van der Waals surface area contributed by atoms with Crippen LogP contribution in [-0.4, -0.2) is 48.6 Å². The van der Waals surface area contributed by atoms with Crippen LogP contribution in [0.25, 0.3) is 0 Å². The Hall–Kier alpha value is -2.19. The molecule has 1 aliphatic rings. The number of nitro benzene ring substituents is 1. The summed E-state index contributed by atoms with van der Waals surface area (Å²) in [6, 6.07) is 4.94. The Balaban J connectivity index is 2.05. The van der Waals surface area contributed by atoms with Crippen molar-refractivity contribution in [1.82, 2.24) is 4.90 Å². The second-order valence-electron chi connectivity index (χ2n) is 6.07. The van der Waals surface area contributed by atoms with E-state index >= 15 is 0 Å². The Kier molecular flexibility index (Phi) is 6.10. The molecule has 24 heavy (non-hydrogen) atoms. The van der Waals surface area contributed by atoms with Gasteiger partial charge in [0.2, 0.25) is 0 Å². The van der Waals surface area contributed by atoms with Crippen molar-refractivity contribution in [2.24, 2.45) is 11.7 Å². The van der Waals surface area contributed by atoms with Crippen LogP contribution >= 0.6 is 0 Å². The van der Waals surface area contributed by atoms with Gasteiger partial charge < -0.3 is 15.2 Å². The molecule has 1 saturated heterocycles. The molecular weight excluding hydrogens is 314 g/mol. The molecule has 0 saturated carbocycles. The summed E-state index contributed by atoms with van der Waals surface area (Å²) in [5.41, 5.74) is 6.61. The largest absolute Gasteiger partial charge is 0.475 e. The summed E-state index contributed by atoms with van der Waals surface area (Å²) >= 11 is 0. The molecule has 0 bridgehead atoms. The lowest BCUT2D eigenvalue weighted by molar-refractivity contribution is -0.385. The average molecular weight is 337 g/mol. The maximum absolute atomic E-state index is 11.2. The fraction of sp³-hybridized carbons (Fsp3) is 0.562. The first-order chi connectivity index (χ1) is 11.4.